The topological polar surface area (TPSA) is 37.3 Å². The molecule has 0 bridgehead atoms. The zero-order valence-corrected chi connectivity index (χ0v) is 11.5. The van der Waals surface area contributed by atoms with Gasteiger partial charge in [0.25, 0.3) is 0 Å². The van der Waals surface area contributed by atoms with E-state index in [-0.39, 0.29) is 0 Å². The third-order valence-corrected chi connectivity index (χ3v) is 4.27. The smallest absolute Gasteiger partial charge is 0.309 e. The van der Waals surface area contributed by atoms with Crippen LogP contribution in [0.3, 0.4) is 0 Å². The maximum absolute atomic E-state index is 11.3. The molecule has 17 heavy (non-hydrogen) atoms. The van der Waals surface area contributed by atoms with Gasteiger partial charge in [-0.2, -0.15) is 0 Å². The Balaban J connectivity index is 2.09. The van der Waals surface area contributed by atoms with Gasteiger partial charge in [-0.05, 0) is 32.1 Å². The molecule has 1 fully saturated rings. The minimum Gasteiger partial charge on any atom is -0.481 e. The Labute approximate surface area is 106 Å². The van der Waals surface area contributed by atoms with E-state index in [4.69, 9.17) is 0 Å². The van der Waals surface area contributed by atoms with Crippen molar-refractivity contribution >= 4 is 5.97 Å². The summed E-state index contributed by atoms with van der Waals surface area (Å²) in [7, 11) is 0. The molecule has 1 unspecified atom stereocenters. The van der Waals surface area contributed by atoms with E-state index in [2.05, 4.69) is 6.92 Å². The van der Waals surface area contributed by atoms with Crippen LogP contribution in [0.2, 0.25) is 0 Å². The third-order valence-electron chi connectivity index (χ3n) is 4.27. The van der Waals surface area contributed by atoms with E-state index in [1.54, 1.807) is 0 Å². The maximum atomic E-state index is 11.3. The molecule has 0 aliphatic heterocycles. The molecular weight excluding hydrogens is 212 g/mol. The predicted molar refractivity (Wildman–Crippen MR) is 71.1 cm³/mol. The number of carboxylic acid groups (broad SMARTS) is 1. The Bertz CT molecular complexity index is 233. The first kappa shape index (κ1) is 14.5. The Kier molecular flexibility index (Phi) is 6.01. The van der Waals surface area contributed by atoms with E-state index < -0.39 is 11.4 Å². The zero-order chi connectivity index (χ0) is 12.7. The molecule has 0 aromatic carbocycles. The molecular formula is C15H28O2. The Hall–Kier alpha value is -0.530. The second kappa shape index (κ2) is 7.03. The van der Waals surface area contributed by atoms with Crippen LogP contribution in [0.4, 0.5) is 0 Å². The summed E-state index contributed by atoms with van der Waals surface area (Å²) < 4.78 is 0. The predicted octanol–water partition coefficient (Wildman–Crippen LogP) is 4.63. The van der Waals surface area contributed by atoms with Crippen molar-refractivity contribution in [1.29, 1.82) is 0 Å². The van der Waals surface area contributed by atoms with Gasteiger partial charge in [-0.15, -0.1) is 0 Å². The summed E-state index contributed by atoms with van der Waals surface area (Å²) in [6.07, 6.45) is 12.0. The van der Waals surface area contributed by atoms with Crippen LogP contribution in [-0.2, 0) is 4.79 Å². The first-order valence-electron chi connectivity index (χ1n) is 7.34. The summed E-state index contributed by atoms with van der Waals surface area (Å²) in [5.74, 6) is -0.119. The first-order chi connectivity index (χ1) is 8.11. The summed E-state index contributed by atoms with van der Waals surface area (Å²) in [4.78, 5) is 11.3. The average Bonchev–Trinajstić information content (AvgIpc) is 3.11. The molecule has 1 aliphatic carbocycles. The molecule has 2 heteroatoms. The summed E-state index contributed by atoms with van der Waals surface area (Å²) in [6, 6.07) is 0. The van der Waals surface area contributed by atoms with Gasteiger partial charge in [0.2, 0.25) is 0 Å². The molecule has 0 aromatic heterocycles. The van der Waals surface area contributed by atoms with Crippen molar-refractivity contribution in [2.75, 3.05) is 0 Å². The van der Waals surface area contributed by atoms with Crippen molar-refractivity contribution in [3.63, 3.8) is 0 Å². The highest BCUT2D eigenvalue weighted by Gasteiger charge is 2.46. The van der Waals surface area contributed by atoms with Gasteiger partial charge in [0.1, 0.15) is 0 Å². The SMILES string of the molecule is CCCCCCCCCC(C)(C(=O)O)C1CC1. The second-order valence-electron chi connectivity index (χ2n) is 5.87. The molecule has 0 radical (unpaired) electrons. The highest BCUT2D eigenvalue weighted by atomic mass is 16.4. The van der Waals surface area contributed by atoms with E-state index >= 15 is 0 Å². The van der Waals surface area contributed by atoms with E-state index in [0.29, 0.717) is 5.92 Å². The number of hydrogen-bond acceptors (Lipinski definition) is 1. The van der Waals surface area contributed by atoms with Gasteiger partial charge in [-0.25, -0.2) is 0 Å². The van der Waals surface area contributed by atoms with Crippen LogP contribution < -0.4 is 0 Å². The Morgan fingerprint density at radius 3 is 2.12 bits per heavy atom. The molecule has 100 valence electrons. The summed E-state index contributed by atoms with van der Waals surface area (Å²) >= 11 is 0. The van der Waals surface area contributed by atoms with Crippen molar-refractivity contribution in [2.24, 2.45) is 11.3 Å². The molecule has 0 amide bonds. The molecule has 1 atom stereocenters. The fourth-order valence-electron chi connectivity index (χ4n) is 2.66. The van der Waals surface area contributed by atoms with Gasteiger partial charge in [0.15, 0.2) is 0 Å². The third kappa shape index (κ3) is 4.69. The Morgan fingerprint density at radius 1 is 1.12 bits per heavy atom. The second-order valence-corrected chi connectivity index (χ2v) is 5.87. The van der Waals surface area contributed by atoms with Crippen LogP contribution in [0, 0.1) is 11.3 Å². The molecule has 0 spiro atoms. The molecule has 2 nitrogen and oxygen atoms in total. The van der Waals surface area contributed by atoms with Gasteiger partial charge < -0.3 is 5.11 Å². The lowest BCUT2D eigenvalue weighted by molar-refractivity contribution is -0.149. The van der Waals surface area contributed by atoms with Gasteiger partial charge in [0, 0.05) is 0 Å². The van der Waals surface area contributed by atoms with Gasteiger partial charge in [-0.1, -0.05) is 51.9 Å². The molecule has 0 aromatic rings. The number of unbranched alkanes of at least 4 members (excludes halogenated alkanes) is 6. The quantitative estimate of drug-likeness (QED) is 0.565. The van der Waals surface area contributed by atoms with E-state index in [9.17, 15) is 9.90 Å². The largest absolute Gasteiger partial charge is 0.481 e. The lowest BCUT2D eigenvalue weighted by Crippen LogP contribution is -2.29. The van der Waals surface area contributed by atoms with Crippen LogP contribution in [0.25, 0.3) is 0 Å². The van der Waals surface area contributed by atoms with Gasteiger partial charge in [-0.3, -0.25) is 4.79 Å². The van der Waals surface area contributed by atoms with Crippen LogP contribution >= 0.6 is 0 Å². The van der Waals surface area contributed by atoms with Crippen molar-refractivity contribution in [2.45, 2.75) is 78.1 Å². The lowest BCUT2D eigenvalue weighted by atomic mass is 9.80. The van der Waals surface area contributed by atoms with Crippen molar-refractivity contribution in [3.05, 3.63) is 0 Å². The zero-order valence-electron chi connectivity index (χ0n) is 11.5. The number of rotatable bonds is 10. The normalized spacial score (nSPS) is 18.9. The molecule has 0 heterocycles. The first-order valence-corrected chi connectivity index (χ1v) is 7.34. The molecule has 1 rings (SSSR count). The summed E-state index contributed by atoms with van der Waals surface area (Å²) in [5.41, 5.74) is -0.427. The summed E-state index contributed by atoms with van der Waals surface area (Å²) in [6.45, 7) is 4.18. The van der Waals surface area contributed by atoms with Gasteiger partial charge >= 0.3 is 5.97 Å². The fourth-order valence-corrected chi connectivity index (χ4v) is 2.66. The molecule has 1 saturated carbocycles. The van der Waals surface area contributed by atoms with Crippen molar-refractivity contribution in [1.82, 2.24) is 0 Å². The van der Waals surface area contributed by atoms with E-state index in [0.717, 1.165) is 25.7 Å². The van der Waals surface area contributed by atoms with Crippen molar-refractivity contribution in [3.8, 4) is 0 Å². The minimum atomic E-state index is -0.578. The van der Waals surface area contributed by atoms with Crippen LogP contribution in [0.1, 0.15) is 78.1 Å². The van der Waals surface area contributed by atoms with E-state index in [1.165, 1.54) is 38.5 Å². The Morgan fingerprint density at radius 2 is 1.65 bits per heavy atom. The van der Waals surface area contributed by atoms with Gasteiger partial charge in [0.05, 0.1) is 5.41 Å². The molecule has 1 N–H and O–H groups in total. The number of carbonyl (C=O) groups is 1. The lowest BCUT2D eigenvalue weighted by Gasteiger charge is -2.24. The van der Waals surface area contributed by atoms with Crippen LogP contribution in [0.5, 0.6) is 0 Å². The highest BCUT2D eigenvalue weighted by molar-refractivity contribution is 5.75. The monoisotopic (exact) mass is 240 g/mol. The minimum absolute atomic E-state index is 0.427. The molecule has 0 saturated heterocycles. The van der Waals surface area contributed by atoms with Crippen LogP contribution in [0.15, 0.2) is 0 Å². The average molecular weight is 240 g/mol. The van der Waals surface area contributed by atoms with Crippen LogP contribution in [-0.4, -0.2) is 11.1 Å². The van der Waals surface area contributed by atoms with Crippen molar-refractivity contribution < 1.29 is 9.90 Å². The van der Waals surface area contributed by atoms with E-state index in [1.807, 2.05) is 6.92 Å². The number of hydrogen-bond donors (Lipinski definition) is 1. The maximum Gasteiger partial charge on any atom is 0.309 e. The summed E-state index contributed by atoms with van der Waals surface area (Å²) in [5, 5.41) is 9.32. The highest BCUT2D eigenvalue weighted by Crippen LogP contribution is 2.48. The number of aliphatic carboxylic acids is 1. The standard InChI is InChI=1S/C15H28O2/c1-3-4-5-6-7-8-9-12-15(2,14(16)17)13-10-11-13/h13H,3-12H2,1-2H3,(H,16,17). The fraction of sp³-hybridized carbons (Fsp3) is 0.933. The number of carboxylic acids is 1. The molecule has 1 aliphatic rings.